The first-order chi connectivity index (χ1) is 16.0. The Morgan fingerprint density at radius 2 is 1.62 bits per heavy atom. The summed E-state index contributed by atoms with van der Waals surface area (Å²) < 4.78 is 25.1. The van der Waals surface area contributed by atoms with Gasteiger partial charge in [0.2, 0.25) is 0 Å². The van der Waals surface area contributed by atoms with Crippen molar-refractivity contribution in [3.05, 3.63) is 41.1 Å². The molecule has 34 heavy (non-hydrogen) atoms. The Balaban J connectivity index is 2.26. The summed E-state index contributed by atoms with van der Waals surface area (Å²) in [6, 6.07) is 5.82. The molecule has 0 aromatic heterocycles. The largest absolute Gasteiger partial charge is 0.467 e. The molecule has 0 aliphatic carbocycles. The monoisotopic (exact) mass is 478 g/mol. The molecule has 0 saturated heterocycles. The maximum atomic E-state index is 12.4. The van der Waals surface area contributed by atoms with Crippen LogP contribution in [0.25, 0.3) is 0 Å². The zero-order valence-corrected chi connectivity index (χ0v) is 20.1. The molecular weight excluding hydrogens is 448 g/mol. The van der Waals surface area contributed by atoms with Crippen molar-refractivity contribution in [3.63, 3.8) is 0 Å². The molecule has 1 aromatic rings. The number of nitrogens with zero attached hydrogens (tertiary/aromatic N) is 1. The second-order valence-electron chi connectivity index (χ2n) is 8.31. The molecule has 1 aromatic carbocycles. The standard InChI is InChI=1S/C23H30N2O9/c1-23(2,3)34-22(29)24-17(20(27)31-5)11-14-7-9-15(10-8-14)25-13-33-12-16(19(26)30-4)18(25)21(28)32-6/h7-10,17H,11-13H2,1-6H3,(H,24,29). The van der Waals surface area contributed by atoms with Gasteiger partial charge in [0.05, 0.1) is 33.5 Å². The van der Waals surface area contributed by atoms with Crippen molar-refractivity contribution in [1.82, 2.24) is 5.32 Å². The van der Waals surface area contributed by atoms with Gasteiger partial charge >= 0.3 is 24.0 Å². The number of hydrogen-bond acceptors (Lipinski definition) is 10. The summed E-state index contributed by atoms with van der Waals surface area (Å²) in [6.07, 6.45) is -0.608. The van der Waals surface area contributed by atoms with Crippen molar-refractivity contribution in [2.24, 2.45) is 0 Å². The molecule has 1 unspecified atom stereocenters. The first-order valence-electron chi connectivity index (χ1n) is 10.4. The van der Waals surface area contributed by atoms with Crippen LogP contribution in [0.1, 0.15) is 26.3 Å². The summed E-state index contributed by atoms with van der Waals surface area (Å²) in [5, 5.41) is 2.52. The molecule has 0 bridgehead atoms. The summed E-state index contributed by atoms with van der Waals surface area (Å²) in [4.78, 5) is 50.4. The van der Waals surface area contributed by atoms with Gasteiger partial charge in [-0.15, -0.1) is 0 Å². The summed E-state index contributed by atoms with van der Waals surface area (Å²) in [7, 11) is 3.65. The molecule has 0 fully saturated rings. The van der Waals surface area contributed by atoms with E-state index in [0.717, 1.165) is 0 Å². The number of ether oxygens (including phenoxy) is 5. The van der Waals surface area contributed by atoms with Crippen molar-refractivity contribution in [2.45, 2.75) is 38.8 Å². The minimum absolute atomic E-state index is 0.00919. The van der Waals surface area contributed by atoms with E-state index in [1.54, 1.807) is 45.0 Å². The van der Waals surface area contributed by atoms with Gasteiger partial charge in [-0.1, -0.05) is 12.1 Å². The zero-order valence-electron chi connectivity index (χ0n) is 20.1. The summed E-state index contributed by atoms with van der Waals surface area (Å²) in [5.41, 5.74) is 0.575. The maximum absolute atomic E-state index is 12.4. The number of carbonyl (C=O) groups excluding carboxylic acids is 4. The zero-order chi connectivity index (χ0) is 25.5. The smallest absolute Gasteiger partial charge is 0.408 e. The van der Waals surface area contributed by atoms with Crippen LogP contribution >= 0.6 is 0 Å². The van der Waals surface area contributed by atoms with E-state index in [1.165, 1.54) is 26.2 Å². The molecule has 0 saturated carbocycles. The molecular formula is C23H30N2O9. The van der Waals surface area contributed by atoms with Gasteiger partial charge in [-0.2, -0.15) is 0 Å². The lowest BCUT2D eigenvalue weighted by atomic mass is 10.0. The average Bonchev–Trinajstić information content (AvgIpc) is 2.80. The fraction of sp³-hybridized carbons (Fsp3) is 0.478. The fourth-order valence-electron chi connectivity index (χ4n) is 3.18. The van der Waals surface area contributed by atoms with Gasteiger partial charge in [0.25, 0.3) is 0 Å². The van der Waals surface area contributed by atoms with E-state index in [-0.39, 0.29) is 31.0 Å². The highest BCUT2D eigenvalue weighted by molar-refractivity contribution is 6.03. The topological polar surface area (TPSA) is 130 Å². The molecule has 1 atom stereocenters. The minimum Gasteiger partial charge on any atom is -0.467 e. The number of amides is 1. The number of alkyl carbamates (subject to hydrolysis) is 1. The Morgan fingerprint density at radius 1 is 1.00 bits per heavy atom. The molecule has 0 spiro atoms. The predicted octanol–water partition coefficient (Wildman–Crippen LogP) is 1.69. The van der Waals surface area contributed by atoms with Crippen LogP contribution < -0.4 is 10.2 Å². The van der Waals surface area contributed by atoms with E-state index in [1.807, 2.05) is 0 Å². The van der Waals surface area contributed by atoms with Crippen molar-refractivity contribution in [3.8, 4) is 0 Å². The highest BCUT2D eigenvalue weighted by Gasteiger charge is 2.32. The van der Waals surface area contributed by atoms with E-state index in [9.17, 15) is 19.2 Å². The first kappa shape index (κ1) is 26.7. The van der Waals surface area contributed by atoms with Gasteiger partial charge in [0, 0.05) is 12.1 Å². The SMILES string of the molecule is COC(=O)C1=C(C(=O)OC)N(c2ccc(CC(NC(=O)OC(C)(C)C)C(=O)OC)cc2)COC1. The van der Waals surface area contributed by atoms with E-state index in [0.29, 0.717) is 11.3 Å². The summed E-state index contributed by atoms with van der Waals surface area (Å²) >= 11 is 0. The lowest BCUT2D eigenvalue weighted by Gasteiger charge is -2.31. The molecule has 1 heterocycles. The van der Waals surface area contributed by atoms with Gasteiger partial charge in [-0.05, 0) is 38.5 Å². The normalized spacial score (nSPS) is 14.7. The quantitative estimate of drug-likeness (QED) is 0.456. The van der Waals surface area contributed by atoms with Gasteiger partial charge in [-0.3, -0.25) is 0 Å². The Hall–Kier alpha value is -3.60. The summed E-state index contributed by atoms with van der Waals surface area (Å²) in [5.74, 6) is -2.03. The Morgan fingerprint density at radius 3 is 2.15 bits per heavy atom. The molecule has 1 amide bonds. The number of carbonyl (C=O) groups is 4. The highest BCUT2D eigenvalue weighted by Crippen LogP contribution is 2.27. The number of hydrogen-bond donors (Lipinski definition) is 1. The first-order valence-corrected chi connectivity index (χ1v) is 10.4. The number of methoxy groups -OCH3 is 3. The lowest BCUT2D eigenvalue weighted by Crippen LogP contribution is -2.45. The third kappa shape index (κ3) is 6.95. The van der Waals surface area contributed by atoms with Crippen molar-refractivity contribution < 1.29 is 42.9 Å². The Kier molecular flexibility index (Phi) is 9.02. The summed E-state index contributed by atoms with van der Waals surface area (Å²) in [6.45, 7) is 5.06. The Bertz CT molecular complexity index is 948. The maximum Gasteiger partial charge on any atom is 0.408 e. The molecule has 0 radical (unpaired) electrons. The highest BCUT2D eigenvalue weighted by atomic mass is 16.6. The predicted molar refractivity (Wildman–Crippen MR) is 120 cm³/mol. The molecule has 1 aliphatic heterocycles. The minimum atomic E-state index is -0.972. The molecule has 11 nitrogen and oxygen atoms in total. The third-order valence-corrected chi connectivity index (χ3v) is 4.70. The van der Waals surface area contributed by atoms with Crippen LogP contribution in [-0.4, -0.2) is 70.3 Å². The van der Waals surface area contributed by atoms with Crippen LogP contribution in [0, 0.1) is 0 Å². The number of rotatable bonds is 7. The third-order valence-electron chi connectivity index (χ3n) is 4.70. The van der Waals surface area contributed by atoms with Crippen molar-refractivity contribution in [2.75, 3.05) is 39.6 Å². The lowest BCUT2D eigenvalue weighted by molar-refractivity contribution is -0.143. The van der Waals surface area contributed by atoms with Crippen LogP contribution in [0.5, 0.6) is 0 Å². The van der Waals surface area contributed by atoms with E-state index < -0.39 is 35.6 Å². The van der Waals surface area contributed by atoms with Gasteiger partial charge in [0.1, 0.15) is 24.1 Å². The average molecular weight is 478 g/mol. The van der Waals surface area contributed by atoms with Crippen LogP contribution in [0.4, 0.5) is 10.5 Å². The van der Waals surface area contributed by atoms with Crippen LogP contribution in [0.2, 0.25) is 0 Å². The molecule has 1 N–H and O–H groups in total. The van der Waals surface area contributed by atoms with E-state index in [4.69, 9.17) is 23.7 Å². The van der Waals surface area contributed by atoms with Crippen LogP contribution in [-0.2, 0) is 44.5 Å². The molecule has 11 heteroatoms. The van der Waals surface area contributed by atoms with E-state index in [2.05, 4.69) is 5.32 Å². The van der Waals surface area contributed by atoms with Crippen molar-refractivity contribution in [1.29, 1.82) is 0 Å². The van der Waals surface area contributed by atoms with Gasteiger partial charge in [0.15, 0.2) is 0 Å². The molecule has 1 aliphatic rings. The van der Waals surface area contributed by atoms with Gasteiger partial charge in [-0.25, -0.2) is 19.2 Å². The Labute approximate surface area is 197 Å². The second kappa shape index (κ2) is 11.5. The molecule has 2 rings (SSSR count). The van der Waals surface area contributed by atoms with Crippen LogP contribution in [0.3, 0.4) is 0 Å². The number of esters is 3. The number of benzene rings is 1. The number of nitrogens with one attached hydrogen (secondary N) is 1. The van der Waals surface area contributed by atoms with Crippen molar-refractivity contribution >= 4 is 29.7 Å². The van der Waals surface area contributed by atoms with Gasteiger partial charge < -0.3 is 33.9 Å². The fourth-order valence-corrected chi connectivity index (χ4v) is 3.18. The van der Waals surface area contributed by atoms with Crippen LogP contribution in [0.15, 0.2) is 35.5 Å². The van der Waals surface area contributed by atoms with E-state index >= 15 is 0 Å². The number of anilines is 1. The molecule has 186 valence electrons. The second-order valence-corrected chi connectivity index (χ2v) is 8.31.